The van der Waals surface area contributed by atoms with Crippen molar-refractivity contribution < 1.29 is 0 Å². The molecule has 0 saturated heterocycles. The molecule has 2 rings (SSSR count). The van der Waals surface area contributed by atoms with Gasteiger partial charge in [-0.25, -0.2) is 4.68 Å². The fourth-order valence-electron chi connectivity index (χ4n) is 1.74. The maximum absolute atomic E-state index is 6.14. The molecule has 1 aromatic heterocycles. The number of benzene rings is 1. The van der Waals surface area contributed by atoms with Gasteiger partial charge in [0.25, 0.3) is 0 Å². The molecule has 2 aromatic rings. The summed E-state index contributed by atoms with van der Waals surface area (Å²) in [7, 11) is 0. The van der Waals surface area contributed by atoms with Crippen molar-refractivity contribution in [1.82, 2.24) is 9.78 Å². The third-order valence-corrected chi connectivity index (χ3v) is 4.43. The van der Waals surface area contributed by atoms with E-state index in [0.29, 0.717) is 10.9 Å². The molecular weight excluding hydrogens is 323 g/mol. The van der Waals surface area contributed by atoms with Gasteiger partial charge in [0.1, 0.15) is 0 Å². The Kier molecular flexibility index (Phi) is 3.81. The number of hydrogen-bond acceptors (Lipinski definition) is 1. The predicted molar refractivity (Wildman–Crippen MR) is 75.3 cm³/mol. The zero-order valence-corrected chi connectivity index (χ0v) is 12.6. The Morgan fingerprint density at radius 2 is 2.06 bits per heavy atom. The van der Waals surface area contributed by atoms with Crippen LogP contribution in [0.3, 0.4) is 0 Å². The van der Waals surface area contributed by atoms with Gasteiger partial charge in [0, 0.05) is 10.6 Å². The van der Waals surface area contributed by atoms with E-state index in [1.807, 2.05) is 36.7 Å². The first-order valence-electron chi connectivity index (χ1n) is 5.11. The lowest BCUT2D eigenvalue weighted by Crippen LogP contribution is -2.03. The van der Waals surface area contributed by atoms with E-state index in [2.05, 4.69) is 21.0 Å². The molecule has 0 N–H and O–H groups in total. The van der Waals surface area contributed by atoms with Crippen LogP contribution in [0.25, 0.3) is 5.69 Å². The molecule has 2 nitrogen and oxygen atoms in total. The molecule has 0 atom stereocenters. The standard InChI is InChI=1S/C12H11BrCl2N2/c1-7-12(13)8(2)17(16-7)11-5-3-4-10(15)9(11)6-14/h3-5H,6H2,1-2H3. The molecular formula is C12H11BrCl2N2. The minimum atomic E-state index is 0.366. The van der Waals surface area contributed by atoms with Crippen LogP contribution in [0, 0.1) is 13.8 Å². The second-order valence-electron chi connectivity index (χ2n) is 3.77. The summed E-state index contributed by atoms with van der Waals surface area (Å²) in [4.78, 5) is 0. The maximum atomic E-state index is 6.14. The summed E-state index contributed by atoms with van der Waals surface area (Å²) in [6.07, 6.45) is 0. The van der Waals surface area contributed by atoms with Crippen molar-refractivity contribution in [2.24, 2.45) is 0 Å². The van der Waals surface area contributed by atoms with Crippen molar-refractivity contribution in [1.29, 1.82) is 0 Å². The van der Waals surface area contributed by atoms with Crippen molar-refractivity contribution in [3.8, 4) is 5.69 Å². The lowest BCUT2D eigenvalue weighted by Gasteiger charge is -2.10. The summed E-state index contributed by atoms with van der Waals surface area (Å²) in [5.74, 6) is 0.366. The average Bonchev–Trinajstić information content (AvgIpc) is 2.56. The molecule has 1 heterocycles. The summed E-state index contributed by atoms with van der Waals surface area (Å²) >= 11 is 15.6. The van der Waals surface area contributed by atoms with Crippen LogP contribution in [-0.4, -0.2) is 9.78 Å². The number of aromatic nitrogens is 2. The van der Waals surface area contributed by atoms with Gasteiger partial charge >= 0.3 is 0 Å². The van der Waals surface area contributed by atoms with Crippen molar-refractivity contribution in [2.75, 3.05) is 0 Å². The van der Waals surface area contributed by atoms with Crippen LogP contribution >= 0.6 is 39.1 Å². The Labute approximate surface area is 119 Å². The van der Waals surface area contributed by atoms with Gasteiger partial charge in [-0.3, -0.25) is 0 Å². The SMILES string of the molecule is Cc1nn(-c2cccc(Cl)c2CCl)c(C)c1Br. The highest BCUT2D eigenvalue weighted by atomic mass is 79.9. The fourth-order valence-corrected chi connectivity index (χ4v) is 2.57. The van der Waals surface area contributed by atoms with E-state index in [1.165, 1.54) is 0 Å². The number of rotatable bonds is 2. The summed E-state index contributed by atoms with van der Waals surface area (Å²) in [5, 5.41) is 5.15. The van der Waals surface area contributed by atoms with Crippen LogP contribution < -0.4 is 0 Å². The largest absolute Gasteiger partial charge is 0.236 e. The third-order valence-electron chi connectivity index (χ3n) is 2.66. The molecule has 5 heteroatoms. The normalized spacial score (nSPS) is 10.9. The smallest absolute Gasteiger partial charge is 0.0743 e. The molecule has 0 aliphatic rings. The zero-order chi connectivity index (χ0) is 12.6. The molecule has 0 saturated carbocycles. The lowest BCUT2D eigenvalue weighted by atomic mass is 10.2. The monoisotopic (exact) mass is 332 g/mol. The summed E-state index contributed by atoms with van der Waals surface area (Å²) in [6.45, 7) is 3.96. The van der Waals surface area contributed by atoms with Gasteiger partial charge in [-0.1, -0.05) is 17.7 Å². The Morgan fingerprint density at radius 1 is 1.35 bits per heavy atom. The van der Waals surface area contributed by atoms with Crippen molar-refractivity contribution >= 4 is 39.1 Å². The van der Waals surface area contributed by atoms with Gasteiger partial charge in [0.2, 0.25) is 0 Å². The van der Waals surface area contributed by atoms with Crippen LogP contribution in [-0.2, 0) is 5.88 Å². The van der Waals surface area contributed by atoms with Gasteiger partial charge in [-0.2, -0.15) is 5.10 Å². The molecule has 17 heavy (non-hydrogen) atoms. The third kappa shape index (κ3) is 2.24. The Bertz CT molecular complexity index is 564. The molecule has 0 aliphatic carbocycles. The van der Waals surface area contributed by atoms with Gasteiger partial charge in [-0.05, 0) is 41.9 Å². The predicted octanol–water partition coefficient (Wildman–Crippen LogP) is 4.64. The van der Waals surface area contributed by atoms with Crippen LogP contribution in [0.4, 0.5) is 0 Å². The topological polar surface area (TPSA) is 17.8 Å². The highest BCUT2D eigenvalue weighted by Crippen LogP contribution is 2.28. The van der Waals surface area contributed by atoms with Gasteiger partial charge < -0.3 is 0 Å². The molecule has 0 aliphatic heterocycles. The first-order valence-corrected chi connectivity index (χ1v) is 6.82. The molecule has 0 fully saturated rings. The van der Waals surface area contributed by atoms with E-state index in [-0.39, 0.29) is 0 Å². The maximum Gasteiger partial charge on any atom is 0.0743 e. The van der Waals surface area contributed by atoms with E-state index in [9.17, 15) is 0 Å². The van der Waals surface area contributed by atoms with E-state index in [1.54, 1.807) is 0 Å². The number of nitrogens with zero attached hydrogens (tertiary/aromatic N) is 2. The van der Waals surface area contributed by atoms with E-state index < -0.39 is 0 Å². The molecule has 0 bridgehead atoms. The lowest BCUT2D eigenvalue weighted by molar-refractivity contribution is 0.826. The minimum absolute atomic E-state index is 0.366. The van der Waals surface area contributed by atoms with Gasteiger partial charge in [-0.15, -0.1) is 11.6 Å². The van der Waals surface area contributed by atoms with Crippen LogP contribution in [0.1, 0.15) is 17.0 Å². The quantitative estimate of drug-likeness (QED) is 0.732. The molecule has 90 valence electrons. The van der Waals surface area contributed by atoms with E-state index >= 15 is 0 Å². The van der Waals surface area contributed by atoms with Crippen molar-refractivity contribution in [3.05, 3.63) is 44.6 Å². The van der Waals surface area contributed by atoms with Crippen molar-refractivity contribution in [3.63, 3.8) is 0 Å². The molecule has 0 amide bonds. The van der Waals surface area contributed by atoms with E-state index in [0.717, 1.165) is 27.1 Å². The molecule has 1 aromatic carbocycles. The van der Waals surface area contributed by atoms with Crippen LogP contribution in [0.5, 0.6) is 0 Å². The molecule has 0 radical (unpaired) electrons. The second-order valence-corrected chi connectivity index (χ2v) is 5.24. The first-order chi connectivity index (χ1) is 8.06. The van der Waals surface area contributed by atoms with Crippen LogP contribution in [0.15, 0.2) is 22.7 Å². The Balaban J connectivity index is 2.68. The number of hydrogen-bond donors (Lipinski definition) is 0. The average molecular weight is 334 g/mol. The number of halogens is 3. The van der Waals surface area contributed by atoms with Gasteiger partial charge in [0.05, 0.1) is 27.4 Å². The summed E-state index contributed by atoms with van der Waals surface area (Å²) in [5.41, 5.74) is 3.81. The highest BCUT2D eigenvalue weighted by Gasteiger charge is 2.14. The fraction of sp³-hybridized carbons (Fsp3) is 0.250. The minimum Gasteiger partial charge on any atom is -0.236 e. The number of alkyl halides is 1. The highest BCUT2D eigenvalue weighted by molar-refractivity contribution is 9.10. The zero-order valence-electron chi connectivity index (χ0n) is 9.47. The number of aryl methyl sites for hydroxylation is 1. The van der Waals surface area contributed by atoms with E-state index in [4.69, 9.17) is 23.2 Å². The Morgan fingerprint density at radius 3 is 2.59 bits per heavy atom. The summed E-state index contributed by atoms with van der Waals surface area (Å²) in [6, 6.07) is 5.71. The second kappa shape index (κ2) is 5.01. The molecule has 0 unspecified atom stereocenters. The van der Waals surface area contributed by atoms with Gasteiger partial charge in [0.15, 0.2) is 0 Å². The van der Waals surface area contributed by atoms with Crippen LogP contribution in [0.2, 0.25) is 5.02 Å². The first kappa shape index (κ1) is 12.9. The summed E-state index contributed by atoms with van der Waals surface area (Å²) < 4.78 is 2.88. The van der Waals surface area contributed by atoms with Crippen molar-refractivity contribution in [2.45, 2.75) is 19.7 Å². The molecule has 0 spiro atoms. The Hall–Kier alpha value is -0.510.